The van der Waals surface area contributed by atoms with E-state index in [1.807, 2.05) is 19.1 Å². The number of nitro benzene ring substituents is 1. The number of hydrogen-bond donors (Lipinski definition) is 2. The molecule has 0 atom stereocenters. The monoisotopic (exact) mass is 417 g/mol. The van der Waals surface area contributed by atoms with Crippen molar-refractivity contribution < 1.29 is 27.2 Å². The summed E-state index contributed by atoms with van der Waals surface area (Å²) in [7, 11) is 0. The van der Waals surface area contributed by atoms with Crippen LogP contribution < -0.4 is 15.4 Å². The summed E-state index contributed by atoms with van der Waals surface area (Å²) in [6.07, 6.45) is -3.92. The fraction of sp³-hybridized carbons (Fsp3) is 0.235. The van der Waals surface area contributed by atoms with Crippen LogP contribution >= 0.6 is 12.2 Å². The molecule has 0 aromatic heterocycles. The maximum absolute atomic E-state index is 13.0. The number of benzene rings is 2. The Bertz CT molecular complexity index is 880. The van der Waals surface area contributed by atoms with Crippen LogP contribution in [0.1, 0.15) is 5.56 Å². The molecular weight excluding hydrogens is 402 g/mol. The lowest BCUT2D eigenvalue weighted by atomic mass is 10.2. The van der Waals surface area contributed by atoms with Crippen molar-refractivity contribution in [2.45, 2.75) is 19.3 Å². The van der Waals surface area contributed by atoms with Gasteiger partial charge in [0.25, 0.3) is 5.69 Å². The largest absolute Gasteiger partial charge is 0.487 e. The van der Waals surface area contributed by atoms with Crippen molar-refractivity contribution >= 4 is 34.4 Å². The van der Waals surface area contributed by atoms with Crippen LogP contribution in [0.4, 0.5) is 34.6 Å². The first-order valence-corrected chi connectivity index (χ1v) is 8.21. The normalized spacial score (nSPS) is 11.2. The third-order valence-corrected chi connectivity index (χ3v) is 3.71. The van der Waals surface area contributed by atoms with E-state index in [9.17, 15) is 27.7 Å². The Hall–Kier alpha value is -2.95. The average Bonchev–Trinajstić information content (AvgIpc) is 2.61. The van der Waals surface area contributed by atoms with Gasteiger partial charge < -0.3 is 15.4 Å². The second kappa shape index (κ2) is 8.83. The average molecular weight is 417 g/mol. The van der Waals surface area contributed by atoms with Gasteiger partial charge in [0.2, 0.25) is 0 Å². The summed E-state index contributed by atoms with van der Waals surface area (Å²) in [6, 6.07) is 10.3. The molecule has 2 aromatic rings. The highest BCUT2D eigenvalue weighted by molar-refractivity contribution is 7.80. The predicted molar refractivity (Wildman–Crippen MR) is 101 cm³/mol. The Morgan fingerprint density at radius 1 is 1.25 bits per heavy atom. The lowest BCUT2D eigenvalue weighted by Crippen LogP contribution is -2.33. The van der Waals surface area contributed by atoms with E-state index < -0.39 is 29.6 Å². The van der Waals surface area contributed by atoms with Crippen LogP contribution in [-0.2, 0) is 0 Å². The molecular formula is C17H15F4N3O3S. The Labute approximate surface area is 162 Å². The number of hydrogen-bond acceptors (Lipinski definition) is 4. The summed E-state index contributed by atoms with van der Waals surface area (Å²) in [5, 5.41) is 16.7. The molecule has 28 heavy (non-hydrogen) atoms. The van der Waals surface area contributed by atoms with Gasteiger partial charge in [-0.25, -0.2) is 8.78 Å². The summed E-state index contributed by atoms with van der Waals surface area (Å²) in [6.45, 7) is 0.213. The first-order chi connectivity index (χ1) is 13.1. The van der Waals surface area contributed by atoms with Crippen molar-refractivity contribution in [1.82, 2.24) is 0 Å². The molecule has 2 rings (SSSR count). The third-order valence-electron chi connectivity index (χ3n) is 3.50. The van der Waals surface area contributed by atoms with Crippen molar-refractivity contribution in [2.75, 3.05) is 17.2 Å². The minimum absolute atomic E-state index is 0.0654. The number of halogens is 4. The van der Waals surface area contributed by atoms with E-state index in [0.717, 1.165) is 23.8 Å². The van der Waals surface area contributed by atoms with Gasteiger partial charge in [-0.3, -0.25) is 10.1 Å². The van der Waals surface area contributed by atoms with E-state index >= 15 is 0 Å². The number of ether oxygens (including phenoxy) is 1. The molecule has 11 heteroatoms. The molecule has 0 fully saturated rings. The first-order valence-electron chi connectivity index (χ1n) is 7.80. The van der Waals surface area contributed by atoms with Gasteiger partial charge >= 0.3 is 12.3 Å². The van der Waals surface area contributed by atoms with Crippen molar-refractivity contribution in [3.05, 3.63) is 58.1 Å². The smallest absolute Gasteiger partial charge is 0.340 e. The van der Waals surface area contributed by atoms with E-state index in [4.69, 9.17) is 12.2 Å². The Kier molecular flexibility index (Phi) is 6.73. The summed E-state index contributed by atoms with van der Waals surface area (Å²) in [5.74, 6) is -4.77. The summed E-state index contributed by atoms with van der Waals surface area (Å²) >= 11 is 5.14. The van der Waals surface area contributed by atoms with E-state index in [1.54, 1.807) is 12.1 Å². The van der Waals surface area contributed by atoms with Crippen molar-refractivity contribution in [3.63, 3.8) is 0 Å². The molecule has 0 amide bonds. The number of non-ortho nitro benzene ring substituents is 1. The van der Waals surface area contributed by atoms with Crippen LogP contribution in [0.15, 0.2) is 42.5 Å². The van der Waals surface area contributed by atoms with Crippen LogP contribution in [0.25, 0.3) is 0 Å². The minimum atomic E-state index is -4.39. The second-order valence-corrected chi connectivity index (χ2v) is 6.13. The van der Waals surface area contributed by atoms with E-state index in [0.29, 0.717) is 5.69 Å². The zero-order valence-electron chi connectivity index (χ0n) is 14.4. The molecule has 0 radical (unpaired) electrons. The maximum Gasteiger partial charge on any atom is 0.340 e. The quantitative estimate of drug-likeness (QED) is 0.286. The molecule has 0 spiro atoms. The van der Waals surface area contributed by atoms with Gasteiger partial charge in [0.15, 0.2) is 11.7 Å². The van der Waals surface area contributed by atoms with Crippen LogP contribution in [0.5, 0.6) is 5.75 Å². The van der Waals surface area contributed by atoms with Gasteiger partial charge in [-0.05, 0) is 30.8 Å². The number of nitrogens with zero attached hydrogens (tertiary/aromatic N) is 1. The lowest BCUT2D eigenvalue weighted by molar-refractivity contribution is -0.384. The van der Waals surface area contributed by atoms with E-state index in [-0.39, 0.29) is 16.5 Å². The lowest BCUT2D eigenvalue weighted by Gasteiger charge is -2.17. The number of nitro groups is 1. The predicted octanol–water partition coefficient (Wildman–Crippen LogP) is 4.99. The van der Waals surface area contributed by atoms with Crippen molar-refractivity contribution in [2.24, 2.45) is 0 Å². The Balaban J connectivity index is 2.17. The number of anilines is 2. The number of nitrogens with one attached hydrogen (secondary N) is 2. The molecule has 0 unspecified atom stereocenters. The number of para-hydroxylation sites is 1. The zero-order chi connectivity index (χ0) is 20.9. The summed E-state index contributed by atoms with van der Waals surface area (Å²) in [5.41, 5.74) is 1.16. The zero-order valence-corrected chi connectivity index (χ0v) is 15.2. The van der Waals surface area contributed by atoms with Gasteiger partial charge in [-0.15, -0.1) is 0 Å². The number of aryl methyl sites for hydroxylation is 1. The summed E-state index contributed by atoms with van der Waals surface area (Å²) in [4.78, 5) is 10.3. The summed E-state index contributed by atoms with van der Waals surface area (Å²) < 4.78 is 55.2. The standard InChI is InChI=1S/C17H15F4N3O3S/c1-10-4-2-3-5-14(10)23-16(28)22-11-6-12(24(25)26)8-13(7-11)27-9-17(20,21)15(18)19/h2-8,15H,9H2,1H3,(H2,22,23,28). The number of thiocarbonyl (C=S) groups is 1. The molecule has 150 valence electrons. The van der Waals surface area contributed by atoms with Gasteiger partial charge in [-0.2, -0.15) is 8.78 Å². The van der Waals surface area contributed by atoms with Crippen molar-refractivity contribution in [3.8, 4) is 5.75 Å². The van der Waals surface area contributed by atoms with Crippen LogP contribution in [0.2, 0.25) is 0 Å². The SMILES string of the molecule is Cc1ccccc1NC(=S)Nc1cc(OCC(F)(F)C(F)F)cc([N+](=O)[O-])c1. The minimum Gasteiger partial charge on any atom is -0.487 e. The molecule has 0 aliphatic rings. The Morgan fingerprint density at radius 3 is 2.54 bits per heavy atom. The van der Waals surface area contributed by atoms with Gasteiger partial charge in [-0.1, -0.05) is 18.2 Å². The highest BCUT2D eigenvalue weighted by Crippen LogP contribution is 2.29. The molecule has 0 aliphatic heterocycles. The fourth-order valence-corrected chi connectivity index (χ4v) is 2.31. The van der Waals surface area contributed by atoms with E-state index in [1.165, 1.54) is 0 Å². The highest BCUT2D eigenvalue weighted by Gasteiger charge is 2.41. The van der Waals surface area contributed by atoms with Gasteiger partial charge in [0.05, 0.1) is 16.7 Å². The van der Waals surface area contributed by atoms with E-state index in [2.05, 4.69) is 15.4 Å². The number of rotatable bonds is 7. The molecule has 0 saturated carbocycles. The third kappa shape index (κ3) is 5.78. The fourth-order valence-electron chi connectivity index (χ4n) is 2.08. The van der Waals surface area contributed by atoms with Gasteiger partial charge in [0, 0.05) is 17.8 Å². The highest BCUT2D eigenvalue weighted by atomic mass is 32.1. The molecule has 2 N–H and O–H groups in total. The molecule has 2 aromatic carbocycles. The Morgan fingerprint density at radius 2 is 1.93 bits per heavy atom. The molecule has 0 bridgehead atoms. The van der Waals surface area contributed by atoms with Gasteiger partial charge in [0.1, 0.15) is 5.75 Å². The molecule has 6 nitrogen and oxygen atoms in total. The first kappa shape index (κ1) is 21.4. The van der Waals surface area contributed by atoms with Crippen molar-refractivity contribution in [1.29, 1.82) is 0 Å². The number of alkyl halides is 4. The topological polar surface area (TPSA) is 76.4 Å². The van der Waals surface area contributed by atoms with Crippen LogP contribution in [-0.4, -0.2) is 29.0 Å². The van der Waals surface area contributed by atoms with Crippen LogP contribution in [0.3, 0.4) is 0 Å². The molecule has 0 aliphatic carbocycles. The maximum atomic E-state index is 13.0. The molecule has 0 heterocycles. The second-order valence-electron chi connectivity index (χ2n) is 5.72. The molecule has 0 saturated heterocycles. The van der Waals surface area contributed by atoms with Crippen LogP contribution in [0, 0.1) is 17.0 Å².